The van der Waals surface area contributed by atoms with Gasteiger partial charge in [0, 0.05) is 11.4 Å². The second-order valence-electron chi connectivity index (χ2n) is 7.37. The summed E-state index contributed by atoms with van der Waals surface area (Å²) in [5.41, 5.74) is 0.793. The number of fused-ring (bicyclic) bond motifs is 1. The molecule has 3 amide bonds. The molecule has 10 heteroatoms. The molecule has 1 unspecified atom stereocenters. The van der Waals surface area contributed by atoms with Gasteiger partial charge < -0.3 is 10.1 Å². The van der Waals surface area contributed by atoms with Crippen LogP contribution < -0.4 is 14.8 Å². The molecule has 0 aromatic heterocycles. The average molecular weight is 455 g/mol. The molecule has 9 nitrogen and oxygen atoms in total. The minimum Gasteiger partial charge on any atom is -0.492 e. The Balaban J connectivity index is 1.62. The lowest BCUT2D eigenvalue weighted by atomic mass is 10.0. The molecule has 2 heterocycles. The van der Waals surface area contributed by atoms with E-state index in [1.807, 2.05) is 0 Å². The smallest absolute Gasteiger partial charge is 0.265 e. The number of nitrogens with one attached hydrogen (secondary N) is 2. The van der Waals surface area contributed by atoms with Crippen molar-refractivity contribution in [1.82, 2.24) is 10.2 Å². The van der Waals surface area contributed by atoms with Crippen molar-refractivity contribution in [2.24, 2.45) is 0 Å². The SMILES string of the molecule is C=C1CCC(N2C(=O)c3ccc(NS(=O)(=O)c4ccccc4OCC)cc3C2=O)C(=O)N1. The van der Waals surface area contributed by atoms with Crippen LogP contribution in [0.4, 0.5) is 5.69 Å². The standard InChI is InChI=1S/C22H21N3O6S/c1-3-31-18-6-4-5-7-19(18)32(29,30)24-14-9-10-15-16(12-14)22(28)25(21(15)27)17-11-8-13(2)23-20(17)26/h4-7,9-10,12,17,24H,2-3,8,11H2,1H3,(H,23,26). The van der Waals surface area contributed by atoms with Crippen LogP contribution in [0.1, 0.15) is 40.5 Å². The van der Waals surface area contributed by atoms with Crippen LogP contribution in [-0.2, 0) is 14.8 Å². The highest BCUT2D eigenvalue weighted by molar-refractivity contribution is 7.92. The Morgan fingerprint density at radius 1 is 1.12 bits per heavy atom. The Bertz CT molecular complexity index is 1250. The van der Waals surface area contributed by atoms with Crippen LogP contribution in [0.3, 0.4) is 0 Å². The number of rotatable bonds is 6. The molecule has 2 aromatic rings. The van der Waals surface area contributed by atoms with Crippen LogP contribution in [0.25, 0.3) is 0 Å². The molecule has 1 saturated heterocycles. The summed E-state index contributed by atoms with van der Waals surface area (Å²) in [6.07, 6.45) is 0.734. The number of benzene rings is 2. The maximum absolute atomic E-state index is 13.0. The third-order valence-electron chi connectivity index (χ3n) is 5.24. The zero-order valence-electron chi connectivity index (χ0n) is 17.3. The van der Waals surface area contributed by atoms with Crippen molar-refractivity contribution in [2.45, 2.75) is 30.7 Å². The molecule has 1 fully saturated rings. The third-order valence-corrected chi connectivity index (χ3v) is 6.66. The molecule has 2 aromatic carbocycles. The van der Waals surface area contributed by atoms with E-state index in [2.05, 4.69) is 16.6 Å². The fraction of sp³-hybridized carbons (Fsp3) is 0.227. The van der Waals surface area contributed by atoms with Gasteiger partial charge in [-0.15, -0.1) is 0 Å². The predicted molar refractivity (Wildman–Crippen MR) is 116 cm³/mol. The highest BCUT2D eigenvalue weighted by atomic mass is 32.2. The quantitative estimate of drug-likeness (QED) is 0.645. The summed E-state index contributed by atoms with van der Waals surface area (Å²) in [7, 11) is -4.02. The number of para-hydroxylation sites is 1. The lowest BCUT2D eigenvalue weighted by molar-refractivity contribution is -0.125. The molecule has 166 valence electrons. The van der Waals surface area contributed by atoms with Gasteiger partial charge in [0.05, 0.1) is 17.7 Å². The van der Waals surface area contributed by atoms with Crippen molar-refractivity contribution in [3.63, 3.8) is 0 Å². The fourth-order valence-corrected chi connectivity index (χ4v) is 4.97. The van der Waals surface area contributed by atoms with Gasteiger partial charge >= 0.3 is 0 Å². The maximum Gasteiger partial charge on any atom is 0.265 e. The predicted octanol–water partition coefficient (Wildman–Crippen LogP) is 2.27. The van der Waals surface area contributed by atoms with E-state index in [1.165, 1.54) is 24.3 Å². The van der Waals surface area contributed by atoms with Gasteiger partial charge in [-0.3, -0.25) is 24.0 Å². The van der Waals surface area contributed by atoms with Gasteiger partial charge in [0.1, 0.15) is 16.7 Å². The first-order valence-corrected chi connectivity index (χ1v) is 11.5. The molecule has 2 aliphatic rings. The highest BCUT2D eigenvalue weighted by Gasteiger charge is 2.44. The van der Waals surface area contributed by atoms with E-state index in [9.17, 15) is 22.8 Å². The van der Waals surface area contributed by atoms with E-state index in [0.717, 1.165) is 4.90 Å². The number of hydrogen-bond acceptors (Lipinski definition) is 6. The van der Waals surface area contributed by atoms with Gasteiger partial charge in [-0.05, 0) is 50.1 Å². The number of imide groups is 1. The summed E-state index contributed by atoms with van der Waals surface area (Å²) >= 11 is 0. The summed E-state index contributed by atoms with van der Waals surface area (Å²) < 4.78 is 33.7. The Morgan fingerprint density at radius 2 is 1.84 bits per heavy atom. The summed E-state index contributed by atoms with van der Waals surface area (Å²) in [4.78, 5) is 39.0. The van der Waals surface area contributed by atoms with E-state index in [1.54, 1.807) is 25.1 Å². The molecule has 32 heavy (non-hydrogen) atoms. The van der Waals surface area contributed by atoms with Gasteiger partial charge in [0.15, 0.2) is 0 Å². The summed E-state index contributed by atoms with van der Waals surface area (Å²) in [5.74, 6) is -1.50. The Labute approximate surface area is 185 Å². The topological polar surface area (TPSA) is 122 Å². The first kappa shape index (κ1) is 21.6. The van der Waals surface area contributed by atoms with Gasteiger partial charge in [0.25, 0.3) is 21.8 Å². The minimum atomic E-state index is -4.02. The van der Waals surface area contributed by atoms with Crippen molar-refractivity contribution in [3.05, 3.63) is 65.9 Å². The van der Waals surface area contributed by atoms with Crippen molar-refractivity contribution in [2.75, 3.05) is 11.3 Å². The maximum atomic E-state index is 13.0. The second kappa shape index (κ2) is 8.12. The van der Waals surface area contributed by atoms with Crippen LogP contribution in [0, 0.1) is 0 Å². The number of carbonyl (C=O) groups is 3. The monoisotopic (exact) mass is 455 g/mol. The molecule has 0 aliphatic carbocycles. The lowest BCUT2D eigenvalue weighted by Crippen LogP contribution is -2.51. The Hall–Kier alpha value is -3.66. The number of sulfonamides is 1. The zero-order valence-corrected chi connectivity index (χ0v) is 18.1. The van der Waals surface area contributed by atoms with E-state index >= 15 is 0 Å². The lowest BCUT2D eigenvalue weighted by Gasteiger charge is -2.29. The Morgan fingerprint density at radius 3 is 2.56 bits per heavy atom. The first-order valence-electron chi connectivity index (χ1n) is 9.98. The van der Waals surface area contributed by atoms with Crippen LogP contribution >= 0.6 is 0 Å². The third kappa shape index (κ3) is 3.73. The molecule has 4 rings (SSSR count). The van der Waals surface area contributed by atoms with E-state index < -0.39 is 33.8 Å². The van der Waals surface area contributed by atoms with Crippen molar-refractivity contribution in [3.8, 4) is 5.75 Å². The number of amides is 3. The van der Waals surface area contributed by atoms with Crippen LogP contribution in [0.2, 0.25) is 0 Å². The molecule has 0 bridgehead atoms. The summed E-state index contributed by atoms with van der Waals surface area (Å²) in [6.45, 7) is 5.73. The molecule has 1 atom stereocenters. The number of carbonyl (C=O) groups excluding carboxylic acids is 3. The molecule has 2 aliphatic heterocycles. The van der Waals surface area contributed by atoms with Crippen molar-refractivity contribution >= 4 is 33.4 Å². The molecule has 2 N–H and O–H groups in total. The van der Waals surface area contributed by atoms with Gasteiger partial charge in [-0.1, -0.05) is 18.7 Å². The molecular formula is C22H21N3O6S. The highest BCUT2D eigenvalue weighted by Crippen LogP contribution is 2.32. The van der Waals surface area contributed by atoms with Gasteiger partial charge in [-0.25, -0.2) is 8.42 Å². The normalized spacial score (nSPS) is 18.4. The minimum absolute atomic E-state index is 0.0329. The molecule has 0 spiro atoms. The Kier molecular flexibility index (Phi) is 5.47. The van der Waals surface area contributed by atoms with Crippen molar-refractivity contribution in [1.29, 1.82) is 0 Å². The van der Waals surface area contributed by atoms with Gasteiger partial charge in [-0.2, -0.15) is 0 Å². The van der Waals surface area contributed by atoms with Gasteiger partial charge in [0.2, 0.25) is 5.91 Å². The molecule has 0 saturated carbocycles. The first-order chi connectivity index (χ1) is 15.2. The molecule has 0 radical (unpaired) electrons. The second-order valence-corrected chi connectivity index (χ2v) is 9.02. The van der Waals surface area contributed by atoms with E-state index in [4.69, 9.17) is 4.74 Å². The van der Waals surface area contributed by atoms with Crippen LogP contribution in [0.15, 0.2) is 59.6 Å². The zero-order chi connectivity index (χ0) is 23.0. The number of hydrogen-bond donors (Lipinski definition) is 2. The van der Waals surface area contributed by atoms with Crippen molar-refractivity contribution < 1.29 is 27.5 Å². The molecular weight excluding hydrogens is 434 g/mol. The van der Waals surface area contributed by atoms with Crippen LogP contribution in [0.5, 0.6) is 5.75 Å². The number of anilines is 1. The average Bonchev–Trinajstić information content (AvgIpc) is 2.98. The van der Waals surface area contributed by atoms with E-state index in [0.29, 0.717) is 18.7 Å². The number of piperidine rings is 1. The summed E-state index contributed by atoms with van der Waals surface area (Å²) in [5, 5.41) is 2.57. The summed E-state index contributed by atoms with van der Waals surface area (Å²) in [6, 6.07) is 9.33. The fourth-order valence-electron chi connectivity index (χ4n) is 3.77. The number of allylic oxidation sites excluding steroid dienone is 1. The number of ether oxygens (including phenoxy) is 1. The largest absolute Gasteiger partial charge is 0.492 e. The number of nitrogens with zero attached hydrogens (tertiary/aromatic N) is 1. The van der Waals surface area contributed by atoms with Crippen LogP contribution in [-0.4, -0.2) is 43.7 Å². The van der Waals surface area contributed by atoms with E-state index in [-0.39, 0.29) is 33.9 Å².